The molecule has 1 aromatic carbocycles. The molecular weight excluding hydrogens is 244 g/mol. The molecule has 1 atom stereocenters. The number of hydrogen-bond donors (Lipinski definition) is 1. The summed E-state index contributed by atoms with van der Waals surface area (Å²) in [5.41, 5.74) is 1.73. The van der Waals surface area contributed by atoms with E-state index in [4.69, 9.17) is 0 Å². The van der Waals surface area contributed by atoms with E-state index >= 15 is 0 Å². The number of nitrogens with zero attached hydrogens (tertiary/aromatic N) is 2. The van der Waals surface area contributed by atoms with Crippen molar-refractivity contribution in [3.05, 3.63) is 70.7 Å². The van der Waals surface area contributed by atoms with Gasteiger partial charge in [0.2, 0.25) is 0 Å². The lowest BCUT2D eigenvalue weighted by atomic mass is 10.2. The van der Waals surface area contributed by atoms with Crippen LogP contribution in [0.2, 0.25) is 0 Å². The molecule has 0 spiro atoms. The number of thiophene rings is 1. The maximum absolute atomic E-state index is 10.4. The Bertz CT molecular complexity index is 616. The molecule has 2 heterocycles. The minimum Gasteiger partial charge on any atom is -0.381 e. The van der Waals surface area contributed by atoms with Crippen LogP contribution in [0.25, 0.3) is 5.69 Å². The SMILES string of the molecule is OC(c1cccs1)c1ccnn1-c1ccccc1. The van der Waals surface area contributed by atoms with Gasteiger partial charge in [0, 0.05) is 11.1 Å². The van der Waals surface area contributed by atoms with E-state index in [1.54, 1.807) is 22.2 Å². The Kier molecular flexibility index (Phi) is 2.96. The van der Waals surface area contributed by atoms with Gasteiger partial charge >= 0.3 is 0 Å². The van der Waals surface area contributed by atoms with Crippen molar-refractivity contribution in [1.82, 2.24) is 9.78 Å². The molecule has 3 aromatic rings. The van der Waals surface area contributed by atoms with Gasteiger partial charge in [-0.05, 0) is 29.6 Å². The first-order chi connectivity index (χ1) is 8.86. The van der Waals surface area contributed by atoms with Gasteiger partial charge < -0.3 is 5.11 Å². The molecular formula is C14H12N2OS. The average Bonchev–Trinajstić information content (AvgIpc) is 3.10. The number of aromatic nitrogens is 2. The van der Waals surface area contributed by atoms with Crippen molar-refractivity contribution in [1.29, 1.82) is 0 Å². The monoisotopic (exact) mass is 256 g/mol. The van der Waals surface area contributed by atoms with Crippen LogP contribution in [0, 0.1) is 0 Å². The predicted molar refractivity (Wildman–Crippen MR) is 71.9 cm³/mol. The summed E-state index contributed by atoms with van der Waals surface area (Å²) in [7, 11) is 0. The number of para-hydroxylation sites is 1. The predicted octanol–water partition coefficient (Wildman–Crippen LogP) is 3.02. The fourth-order valence-corrected chi connectivity index (χ4v) is 2.62. The summed E-state index contributed by atoms with van der Waals surface area (Å²) >= 11 is 1.54. The van der Waals surface area contributed by atoms with Gasteiger partial charge in [-0.25, -0.2) is 4.68 Å². The van der Waals surface area contributed by atoms with Crippen molar-refractivity contribution in [2.75, 3.05) is 0 Å². The van der Waals surface area contributed by atoms with Crippen LogP contribution in [0.5, 0.6) is 0 Å². The summed E-state index contributed by atoms with van der Waals surface area (Å²) in [4.78, 5) is 0.924. The Morgan fingerprint density at radius 1 is 1.06 bits per heavy atom. The maximum atomic E-state index is 10.4. The van der Waals surface area contributed by atoms with Crippen LogP contribution in [-0.2, 0) is 0 Å². The lowest BCUT2D eigenvalue weighted by Crippen LogP contribution is -2.07. The summed E-state index contributed by atoms with van der Waals surface area (Å²) in [6, 6.07) is 15.5. The smallest absolute Gasteiger partial charge is 0.130 e. The van der Waals surface area contributed by atoms with Gasteiger partial charge in [0.25, 0.3) is 0 Å². The van der Waals surface area contributed by atoms with Crippen molar-refractivity contribution in [2.45, 2.75) is 6.10 Å². The van der Waals surface area contributed by atoms with Crippen LogP contribution >= 0.6 is 11.3 Å². The quantitative estimate of drug-likeness (QED) is 0.782. The molecule has 0 saturated carbocycles. The zero-order chi connectivity index (χ0) is 12.4. The van der Waals surface area contributed by atoms with Gasteiger partial charge in [-0.15, -0.1) is 11.3 Å². The van der Waals surface area contributed by atoms with Crippen molar-refractivity contribution in [2.24, 2.45) is 0 Å². The standard InChI is InChI=1S/C14H12N2OS/c17-14(13-7-4-10-18-13)12-8-9-15-16(12)11-5-2-1-3-6-11/h1-10,14,17H. The van der Waals surface area contributed by atoms with E-state index in [-0.39, 0.29) is 0 Å². The van der Waals surface area contributed by atoms with E-state index in [1.165, 1.54) is 0 Å². The second kappa shape index (κ2) is 4.76. The highest BCUT2D eigenvalue weighted by Crippen LogP contribution is 2.26. The van der Waals surface area contributed by atoms with Crippen LogP contribution in [0.1, 0.15) is 16.7 Å². The number of hydrogen-bond acceptors (Lipinski definition) is 3. The summed E-state index contributed by atoms with van der Waals surface area (Å²) in [6.45, 7) is 0. The zero-order valence-corrected chi connectivity index (χ0v) is 10.4. The third kappa shape index (κ3) is 1.96. The van der Waals surface area contributed by atoms with E-state index in [9.17, 15) is 5.11 Å². The number of benzene rings is 1. The van der Waals surface area contributed by atoms with Crippen LogP contribution in [0.15, 0.2) is 60.1 Å². The van der Waals surface area contributed by atoms with E-state index in [2.05, 4.69) is 5.10 Å². The number of aliphatic hydroxyl groups excluding tert-OH is 1. The van der Waals surface area contributed by atoms with Crippen LogP contribution in [0.3, 0.4) is 0 Å². The molecule has 0 amide bonds. The molecule has 4 heteroatoms. The van der Waals surface area contributed by atoms with E-state index in [0.29, 0.717) is 0 Å². The molecule has 0 fully saturated rings. The van der Waals surface area contributed by atoms with Gasteiger partial charge in [-0.1, -0.05) is 24.3 Å². The van der Waals surface area contributed by atoms with Crippen LogP contribution in [-0.4, -0.2) is 14.9 Å². The third-order valence-electron chi connectivity index (χ3n) is 2.77. The molecule has 3 rings (SSSR count). The van der Waals surface area contributed by atoms with Gasteiger partial charge in [-0.2, -0.15) is 5.10 Å². The molecule has 3 nitrogen and oxygen atoms in total. The number of rotatable bonds is 3. The molecule has 2 aromatic heterocycles. The third-order valence-corrected chi connectivity index (χ3v) is 3.69. The topological polar surface area (TPSA) is 38.1 Å². The molecule has 0 aliphatic carbocycles. The fourth-order valence-electron chi connectivity index (χ4n) is 1.90. The average molecular weight is 256 g/mol. The molecule has 18 heavy (non-hydrogen) atoms. The van der Waals surface area contributed by atoms with Crippen LogP contribution in [0.4, 0.5) is 0 Å². The minimum absolute atomic E-state index is 0.632. The lowest BCUT2D eigenvalue weighted by Gasteiger charge is -2.12. The zero-order valence-electron chi connectivity index (χ0n) is 9.60. The van der Waals surface area contributed by atoms with Crippen molar-refractivity contribution in [3.8, 4) is 5.69 Å². The Hall–Kier alpha value is -1.91. The van der Waals surface area contributed by atoms with E-state index in [0.717, 1.165) is 16.3 Å². The molecule has 90 valence electrons. The van der Waals surface area contributed by atoms with Gasteiger partial charge in [0.05, 0.1) is 11.4 Å². The summed E-state index contributed by atoms with van der Waals surface area (Å²) in [5.74, 6) is 0. The van der Waals surface area contributed by atoms with Gasteiger partial charge in [0.1, 0.15) is 6.10 Å². The molecule has 0 saturated heterocycles. The fraction of sp³-hybridized carbons (Fsp3) is 0.0714. The van der Waals surface area contributed by atoms with Crippen molar-refractivity contribution >= 4 is 11.3 Å². The lowest BCUT2D eigenvalue weighted by molar-refractivity contribution is 0.216. The minimum atomic E-state index is -0.632. The molecule has 0 aliphatic heterocycles. The first-order valence-electron chi connectivity index (χ1n) is 5.67. The maximum Gasteiger partial charge on any atom is 0.130 e. The highest BCUT2D eigenvalue weighted by Gasteiger charge is 2.16. The largest absolute Gasteiger partial charge is 0.381 e. The van der Waals surface area contributed by atoms with Crippen LogP contribution < -0.4 is 0 Å². The van der Waals surface area contributed by atoms with Crippen molar-refractivity contribution in [3.63, 3.8) is 0 Å². The Morgan fingerprint density at radius 2 is 1.89 bits per heavy atom. The molecule has 1 unspecified atom stereocenters. The highest BCUT2D eigenvalue weighted by molar-refractivity contribution is 7.10. The normalized spacial score (nSPS) is 12.5. The second-order valence-electron chi connectivity index (χ2n) is 3.92. The summed E-state index contributed by atoms with van der Waals surface area (Å²) < 4.78 is 1.77. The summed E-state index contributed by atoms with van der Waals surface area (Å²) in [6.07, 6.45) is 1.08. The molecule has 0 bridgehead atoms. The molecule has 1 N–H and O–H groups in total. The van der Waals surface area contributed by atoms with Gasteiger partial charge in [0.15, 0.2) is 0 Å². The second-order valence-corrected chi connectivity index (χ2v) is 4.90. The molecule has 0 radical (unpaired) electrons. The van der Waals surface area contributed by atoms with E-state index in [1.807, 2.05) is 53.9 Å². The van der Waals surface area contributed by atoms with Gasteiger partial charge in [-0.3, -0.25) is 0 Å². The number of aliphatic hydroxyl groups is 1. The highest BCUT2D eigenvalue weighted by atomic mass is 32.1. The van der Waals surface area contributed by atoms with Crippen molar-refractivity contribution < 1.29 is 5.11 Å². The van der Waals surface area contributed by atoms with E-state index < -0.39 is 6.10 Å². The first-order valence-corrected chi connectivity index (χ1v) is 6.55. The summed E-state index contributed by atoms with van der Waals surface area (Å²) in [5, 5.41) is 16.6. The Morgan fingerprint density at radius 3 is 2.61 bits per heavy atom. The molecule has 0 aliphatic rings. The Balaban J connectivity index is 2.02. The first kappa shape index (κ1) is 11.2. The Labute approximate surface area is 109 Å².